The molecule has 1 heterocycles. The molecule has 1 amide bonds. The number of nitrogens with zero attached hydrogens (tertiary/aromatic N) is 1. The van der Waals surface area contributed by atoms with Gasteiger partial charge in [0, 0.05) is 18.2 Å². The summed E-state index contributed by atoms with van der Waals surface area (Å²) in [4.78, 5) is 13.8. The van der Waals surface area contributed by atoms with Crippen molar-refractivity contribution in [3.63, 3.8) is 0 Å². The average molecular weight is 262 g/mol. The molecule has 0 aromatic heterocycles. The number of aliphatic hydroxyl groups is 1. The number of anilines is 1. The van der Waals surface area contributed by atoms with Gasteiger partial charge in [-0.2, -0.15) is 0 Å². The van der Waals surface area contributed by atoms with E-state index in [0.717, 1.165) is 23.2 Å². The fraction of sp³-hybridized carbons (Fsp3) is 0.533. The molecule has 0 spiro atoms. The maximum atomic E-state index is 12.0. The Bertz CT molecular complexity index is 473. The zero-order chi connectivity index (χ0) is 14.0. The van der Waals surface area contributed by atoms with Crippen LogP contribution in [0.4, 0.5) is 5.69 Å². The van der Waals surface area contributed by atoms with Crippen LogP contribution in [0.25, 0.3) is 0 Å². The van der Waals surface area contributed by atoms with E-state index in [1.165, 1.54) is 0 Å². The molecule has 1 aromatic rings. The minimum absolute atomic E-state index is 0.154. The number of benzene rings is 1. The van der Waals surface area contributed by atoms with Crippen LogP contribution in [0.5, 0.6) is 0 Å². The van der Waals surface area contributed by atoms with Gasteiger partial charge in [-0.3, -0.25) is 4.79 Å². The molecule has 104 valence electrons. The SMILES string of the molecule is CCC(=O)N1c2ccc(C(O)CCN)cc2CC1C. The third-order valence-electron chi connectivity index (χ3n) is 3.72. The minimum Gasteiger partial charge on any atom is -0.388 e. The number of rotatable bonds is 4. The quantitative estimate of drug-likeness (QED) is 0.869. The summed E-state index contributed by atoms with van der Waals surface area (Å²) in [6.07, 6.45) is 1.42. The second-order valence-electron chi connectivity index (χ2n) is 5.15. The summed E-state index contributed by atoms with van der Waals surface area (Å²) in [5.74, 6) is 0.154. The van der Waals surface area contributed by atoms with Crippen molar-refractivity contribution in [2.75, 3.05) is 11.4 Å². The van der Waals surface area contributed by atoms with Gasteiger partial charge < -0.3 is 15.7 Å². The van der Waals surface area contributed by atoms with E-state index in [1.807, 2.05) is 30.0 Å². The Morgan fingerprint density at radius 3 is 2.95 bits per heavy atom. The lowest BCUT2D eigenvalue weighted by molar-refractivity contribution is -0.118. The molecule has 1 aromatic carbocycles. The van der Waals surface area contributed by atoms with Crippen molar-refractivity contribution in [2.24, 2.45) is 5.73 Å². The Balaban J connectivity index is 2.29. The minimum atomic E-state index is -0.512. The third kappa shape index (κ3) is 2.65. The number of hydrogen-bond donors (Lipinski definition) is 2. The number of amides is 1. The van der Waals surface area contributed by atoms with Crippen molar-refractivity contribution in [2.45, 2.75) is 45.3 Å². The predicted octanol–water partition coefficient (Wildman–Crippen LogP) is 1.76. The first kappa shape index (κ1) is 14.0. The monoisotopic (exact) mass is 262 g/mol. The maximum absolute atomic E-state index is 12.0. The summed E-state index contributed by atoms with van der Waals surface area (Å²) in [6.45, 7) is 4.41. The average Bonchev–Trinajstić information content (AvgIpc) is 2.73. The Morgan fingerprint density at radius 2 is 2.32 bits per heavy atom. The molecule has 2 rings (SSSR count). The van der Waals surface area contributed by atoms with Crippen LogP contribution < -0.4 is 10.6 Å². The number of fused-ring (bicyclic) bond motifs is 1. The number of carbonyl (C=O) groups is 1. The molecule has 1 aliphatic heterocycles. The summed E-state index contributed by atoms with van der Waals surface area (Å²) in [5.41, 5.74) is 8.49. The number of hydrogen-bond acceptors (Lipinski definition) is 3. The first-order valence-electron chi connectivity index (χ1n) is 6.91. The summed E-state index contributed by atoms with van der Waals surface area (Å²) >= 11 is 0. The van der Waals surface area contributed by atoms with E-state index in [4.69, 9.17) is 5.73 Å². The van der Waals surface area contributed by atoms with Crippen LogP contribution in [0.1, 0.15) is 43.9 Å². The van der Waals surface area contributed by atoms with Crippen molar-refractivity contribution in [1.29, 1.82) is 0 Å². The van der Waals surface area contributed by atoms with Crippen molar-refractivity contribution >= 4 is 11.6 Å². The van der Waals surface area contributed by atoms with Gasteiger partial charge in [-0.1, -0.05) is 19.1 Å². The molecule has 0 aliphatic carbocycles. The van der Waals surface area contributed by atoms with Gasteiger partial charge in [0.05, 0.1) is 6.10 Å². The normalized spacial score (nSPS) is 19.4. The molecule has 0 bridgehead atoms. The van der Waals surface area contributed by atoms with Crippen molar-refractivity contribution < 1.29 is 9.90 Å². The van der Waals surface area contributed by atoms with Gasteiger partial charge in [0.15, 0.2) is 0 Å². The summed E-state index contributed by atoms with van der Waals surface area (Å²) < 4.78 is 0. The lowest BCUT2D eigenvalue weighted by atomic mass is 10.0. The van der Waals surface area contributed by atoms with Crippen LogP contribution in [0, 0.1) is 0 Å². The van der Waals surface area contributed by atoms with Gasteiger partial charge in [0.1, 0.15) is 0 Å². The van der Waals surface area contributed by atoms with E-state index in [2.05, 4.69) is 6.92 Å². The summed E-state index contributed by atoms with van der Waals surface area (Å²) in [6, 6.07) is 6.05. The zero-order valence-corrected chi connectivity index (χ0v) is 11.6. The molecule has 1 aliphatic rings. The van der Waals surface area contributed by atoms with Crippen molar-refractivity contribution in [1.82, 2.24) is 0 Å². The van der Waals surface area contributed by atoms with Gasteiger partial charge in [-0.05, 0) is 43.5 Å². The number of carbonyl (C=O) groups excluding carboxylic acids is 1. The van der Waals surface area contributed by atoms with Crippen LogP contribution in [-0.2, 0) is 11.2 Å². The highest BCUT2D eigenvalue weighted by Crippen LogP contribution is 2.34. The molecule has 19 heavy (non-hydrogen) atoms. The van der Waals surface area contributed by atoms with Gasteiger partial charge in [0.2, 0.25) is 5.91 Å². The zero-order valence-electron chi connectivity index (χ0n) is 11.6. The Morgan fingerprint density at radius 1 is 1.58 bits per heavy atom. The molecule has 0 saturated carbocycles. The fourth-order valence-electron chi connectivity index (χ4n) is 2.73. The molecule has 3 N–H and O–H groups in total. The number of aliphatic hydroxyl groups excluding tert-OH is 1. The van der Waals surface area contributed by atoms with Crippen LogP contribution >= 0.6 is 0 Å². The van der Waals surface area contributed by atoms with Crippen LogP contribution in [-0.4, -0.2) is 23.6 Å². The number of nitrogens with two attached hydrogens (primary N) is 1. The molecular weight excluding hydrogens is 240 g/mol. The molecule has 0 fully saturated rings. The summed E-state index contributed by atoms with van der Waals surface area (Å²) in [5, 5.41) is 9.98. The predicted molar refractivity (Wildman–Crippen MR) is 76.0 cm³/mol. The van der Waals surface area contributed by atoms with Gasteiger partial charge in [-0.15, -0.1) is 0 Å². The van der Waals surface area contributed by atoms with E-state index < -0.39 is 6.10 Å². The standard InChI is InChI=1S/C15H22N2O2/c1-3-15(19)17-10(2)8-12-9-11(4-5-13(12)17)14(18)6-7-16/h4-5,9-10,14,18H,3,6-8,16H2,1-2H3. The largest absolute Gasteiger partial charge is 0.388 e. The van der Waals surface area contributed by atoms with E-state index in [9.17, 15) is 9.90 Å². The molecule has 2 unspecified atom stereocenters. The Kier molecular flexibility index (Phi) is 4.22. The molecule has 2 atom stereocenters. The molecule has 4 heteroatoms. The van der Waals surface area contributed by atoms with Crippen LogP contribution in [0.3, 0.4) is 0 Å². The first-order chi connectivity index (χ1) is 9.08. The third-order valence-corrected chi connectivity index (χ3v) is 3.72. The van der Waals surface area contributed by atoms with Crippen molar-refractivity contribution in [3.05, 3.63) is 29.3 Å². The molecule has 0 radical (unpaired) electrons. The molecule has 0 saturated heterocycles. The van der Waals surface area contributed by atoms with Crippen molar-refractivity contribution in [3.8, 4) is 0 Å². The molecular formula is C15H22N2O2. The summed E-state index contributed by atoms with van der Waals surface area (Å²) in [7, 11) is 0. The first-order valence-corrected chi connectivity index (χ1v) is 6.91. The highest BCUT2D eigenvalue weighted by molar-refractivity contribution is 5.96. The maximum Gasteiger partial charge on any atom is 0.226 e. The van der Waals surface area contributed by atoms with Gasteiger partial charge in [-0.25, -0.2) is 0 Å². The second kappa shape index (κ2) is 5.72. The molecule has 4 nitrogen and oxygen atoms in total. The Labute approximate surface area is 114 Å². The smallest absolute Gasteiger partial charge is 0.226 e. The van der Waals surface area contributed by atoms with Crippen LogP contribution in [0.15, 0.2) is 18.2 Å². The Hall–Kier alpha value is -1.39. The lowest BCUT2D eigenvalue weighted by Crippen LogP contribution is -2.35. The van der Waals surface area contributed by atoms with E-state index in [0.29, 0.717) is 19.4 Å². The van der Waals surface area contributed by atoms with E-state index in [-0.39, 0.29) is 11.9 Å². The van der Waals surface area contributed by atoms with Gasteiger partial charge >= 0.3 is 0 Å². The lowest BCUT2D eigenvalue weighted by Gasteiger charge is -2.22. The van der Waals surface area contributed by atoms with Crippen LogP contribution in [0.2, 0.25) is 0 Å². The fourth-order valence-corrected chi connectivity index (χ4v) is 2.73. The highest BCUT2D eigenvalue weighted by Gasteiger charge is 2.30. The van der Waals surface area contributed by atoms with E-state index >= 15 is 0 Å². The van der Waals surface area contributed by atoms with E-state index in [1.54, 1.807) is 0 Å². The highest BCUT2D eigenvalue weighted by atomic mass is 16.3. The second-order valence-corrected chi connectivity index (χ2v) is 5.15. The topological polar surface area (TPSA) is 66.6 Å². The van der Waals surface area contributed by atoms with Gasteiger partial charge in [0.25, 0.3) is 0 Å².